The van der Waals surface area contributed by atoms with E-state index in [1.54, 1.807) is 24.9 Å². The maximum atomic E-state index is 6.13. The third-order valence-electron chi connectivity index (χ3n) is 4.70. The van der Waals surface area contributed by atoms with Crippen LogP contribution < -0.4 is 4.74 Å². The normalized spacial score (nSPS) is 14.4. The molecule has 0 saturated heterocycles. The number of halogens is 1. The second-order valence-corrected chi connectivity index (χ2v) is 8.00. The number of benzene rings is 1. The molecule has 144 valence electrons. The average Bonchev–Trinajstić information content (AvgIpc) is 2.69. The van der Waals surface area contributed by atoms with Gasteiger partial charge < -0.3 is 9.47 Å². The summed E-state index contributed by atoms with van der Waals surface area (Å²) in [4.78, 5) is 1.18. The van der Waals surface area contributed by atoms with Gasteiger partial charge in [-0.05, 0) is 48.6 Å². The summed E-state index contributed by atoms with van der Waals surface area (Å²) in [6.07, 6.45) is 5.80. The molecular weight excluding hydrogens is 380 g/mol. The monoisotopic (exact) mass is 404 g/mol. The van der Waals surface area contributed by atoms with Crippen molar-refractivity contribution in [3.8, 4) is 17.0 Å². The van der Waals surface area contributed by atoms with Gasteiger partial charge in [-0.25, -0.2) is 0 Å². The van der Waals surface area contributed by atoms with E-state index in [0.29, 0.717) is 16.7 Å². The lowest BCUT2D eigenvalue weighted by molar-refractivity contribution is 0.0515. The molecule has 0 radical (unpaired) electrons. The summed E-state index contributed by atoms with van der Waals surface area (Å²) in [5, 5.41) is 9.74. The molecule has 3 rings (SSSR count). The van der Waals surface area contributed by atoms with Gasteiger partial charge in [0.1, 0.15) is 11.4 Å². The fourth-order valence-electron chi connectivity index (χ4n) is 3.37. The second-order valence-electron chi connectivity index (χ2n) is 6.50. The highest BCUT2D eigenvalue weighted by molar-refractivity contribution is 7.99. The molecule has 4 nitrogen and oxygen atoms in total. The van der Waals surface area contributed by atoms with Crippen LogP contribution in [0.15, 0.2) is 35.2 Å². The Labute approximate surface area is 170 Å². The Bertz CT molecular complexity index is 826. The average molecular weight is 405 g/mol. The van der Waals surface area contributed by atoms with Gasteiger partial charge in [0.05, 0.1) is 5.69 Å². The molecule has 0 unspecified atom stereocenters. The minimum atomic E-state index is 0.155. The van der Waals surface area contributed by atoms with E-state index in [-0.39, 0.29) is 6.79 Å². The Kier molecular flexibility index (Phi) is 7.16. The van der Waals surface area contributed by atoms with Crippen LogP contribution in [0.5, 0.6) is 5.75 Å². The summed E-state index contributed by atoms with van der Waals surface area (Å²) < 4.78 is 10.7. The van der Waals surface area contributed by atoms with Crippen LogP contribution in [0.3, 0.4) is 0 Å². The molecule has 0 aliphatic carbocycles. The molecule has 0 N–H and O–H groups in total. The van der Waals surface area contributed by atoms with Crippen LogP contribution in [-0.4, -0.2) is 29.9 Å². The van der Waals surface area contributed by atoms with Gasteiger partial charge in [-0.3, -0.25) is 0 Å². The number of methoxy groups -OCH3 is 1. The molecule has 0 saturated carbocycles. The topological polar surface area (TPSA) is 44.2 Å². The second kappa shape index (κ2) is 9.58. The van der Waals surface area contributed by atoms with E-state index in [9.17, 15) is 0 Å². The first-order valence-corrected chi connectivity index (χ1v) is 10.7. The summed E-state index contributed by atoms with van der Waals surface area (Å²) in [7, 11) is 1.59. The maximum Gasteiger partial charge on any atom is 0.188 e. The van der Waals surface area contributed by atoms with E-state index in [4.69, 9.17) is 21.1 Å². The van der Waals surface area contributed by atoms with Gasteiger partial charge in [-0.2, -0.15) is 0 Å². The largest absolute Gasteiger partial charge is 0.467 e. The lowest BCUT2D eigenvalue weighted by Gasteiger charge is -2.23. The van der Waals surface area contributed by atoms with Crippen LogP contribution >= 0.6 is 23.4 Å². The SMILES string of the molecule is CCC[C@@H](CC)C1=CCSc2cc(-c3ccc(Cl)cc3OCOC)nnc21. The Morgan fingerprint density at radius 3 is 2.81 bits per heavy atom. The highest BCUT2D eigenvalue weighted by Gasteiger charge is 2.23. The molecule has 1 aromatic carbocycles. The van der Waals surface area contributed by atoms with Crippen molar-refractivity contribution in [3.05, 3.63) is 41.1 Å². The zero-order valence-electron chi connectivity index (χ0n) is 16.0. The van der Waals surface area contributed by atoms with E-state index in [1.807, 2.05) is 12.1 Å². The number of nitrogens with zero attached hydrogens (tertiary/aromatic N) is 2. The van der Waals surface area contributed by atoms with Crippen molar-refractivity contribution >= 4 is 28.9 Å². The smallest absolute Gasteiger partial charge is 0.188 e. The molecule has 0 fully saturated rings. The van der Waals surface area contributed by atoms with Gasteiger partial charge >= 0.3 is 0 Å². The molecular formula is C21H25ClN2O2S. The van der Waals surface area contributed by atoms with Gasteiger partial charge in [0, 0.05) is 28.3 Å². The predicted octanol–water partition coefficient (Wildman–Crippen LogP) is 6.10. The van der Waals surface area contributed by atoms with Crippen LogP contribution in [0.2, 0.25) is 5.02 Å². The number of rotatable bonds is 8. The molecule has 27 heavy (non-hydrogen) atoms. The summed E-state index contributed by atoms with van der Waals surface area (Å²) in [6, 6.07) is 7.65. The summed E-state index contributed by atoms with van der Waals surface area (Å²) >= 11 is 7.93. The Morgan fingerprint density at radius 2 is 2.07 bits per heavy atom. The number of aromatic nitrogens is 2. The van der Waals surface area contributed by atoms with E-state index < -0.39 is 0 Å². The summed E-state index contributed by atoms with van der Waals surface area (Å²) in [5.74, 6) is 2.17. The number of fused-ring (bicyclic) bond motifs is 1. The molecule has 6 heteroatoms. The van der Waals surface area contributed by atoms with Gasteiger partial charge in [0.25, 0.3) is 0 Å². The number of allylic oxidation sites excluding steroid dienone is 1. The van der Waals surface area contributed by atoms with E-state index >= 15 is 0 Å². The van der Waals surface area contributed by atoms with Gasteiger partial charge in [-0.1, -0.05) is 37.9 Å². The Morgan fingerprint density at radius 1 is 1.22 bits per heavy atom. The summed E-state index contributed by atoms with van der Waals surface area (Å²) in [6.45, 7) is 4.64. The molecule has 1 atom stereocenters. The maximum absolute atomic E-state index is 6.13. The van der Waals surface area contributed by atoms with Crippen molar-refractivity contribution in [1.29, 1.82) is 0 Å². The van der Waals surface area contributed by atoms with Crippen LogP contribution in [0.25, 0.3) is 16.8 Å². The molecule has 2 heterocycles. The van der Waals surface area contributed by atoms with Crippen LogP contribution in [-0.2, 0) is 4.74 Å². The first kappa shape index (κ1) is 20.2. The zero-order valence-corrected chi connectivity index (χ0v) is 17.6. The van der Waals surface area contributed by atoms with Crippen molar-refractivity contribution in [2.45, 2.75) is 38.0 Å². The highest BCUT2D eigenvalue weighted by atomic mass is 35.5. The summed E-state index contributed by atoms with van der Waals surface area (Å²) in [5.41, 5.74) is 4.03. The minimum absolute atomic E-state index is 0.155. The molecule has 0 spiro atoms. The van der Waals surface area contributed by atoms with E-state index in [2.05, 4.69) is 36.2 Å². The predicted molar refractivity (Wildman–Crippen MR) is 112 cm³/mol. The first-order chi connectivity index (χ1) is 13.2. The lowest BCUT2D eigenvalue weighted by atomic mass is 9.89. The van der Waals surface area contributed by atoms with Crippen molar-refractivity contribution in [1.82, 2.24) is 10.2 Å². The highest BCUT2D eigenvalue weighted by Crippen LogP contribution is 2.40. The first-order valence-electron chi connectivity index (χ1n) is 9.30. The minimum Gasteiger partial charge on any atom is -0.467 e. The lowest BCUT2D eigenvalue weighted by Crippen LogP contribution is -2.10. The molecule has 1 aromatic heterocycles. The fourth-order valence-corrected chi connectivity index (χ4v) is 4.47. The third-order valence-corrected chi connectivity index (χ3v) is 5.89. The van der Waals surface area contributed by atoms with E-state index in [1.165, 1.54) is 23.3 Å². The molecule has 1 aliphatic rings. The zero-order chi connectivity index (χ0) is 19.2. The van der Waals surface area contributed by atoms with E-state index in [0.717, 1.165) is 29.1 Å². The third kappa shape index (κ3) is 4.65. The van der Waals surface area contributed by atoms with Crippen molar-refractivity contribution in [2.24, 2.45) is 5.92 Å². The van der Waals surface area contributed by atoms with Crippen molar-refractivity contribution in [3.63, 3.8) is 0 Å². The Hall–Kier alpha value is -1.56. The standard InChI is InChI=1S/C21H25ClN2O2S/c1-4-6-14(5-2)16-9-10-27-20-12-18(23-24-21(16)20)17-8-7-15(22)11-19(17)26-13-25-3/h7-9,11-12,14H,4-6,10,13H2,1-3H3/t14-/m1/s1. The van der Waals surface area contributed by atoms with Gasteiger partial charge in [0.2, 0.25) is 0 Å². The van der Waals surface area contributed by atoms with Gasteiger partial charge in [0.15, 0.2) is 6.79 Å². The number of thioether (sulfide) groups is 1. The number of ether oxygens (including phenoxy) is 2. The Balaban J connectivity index is 1.97. The van der Waals surface area contributed by atoms with Crippen LogP contribution in [0.4, 0.5) is 0 Å². The molecule has 0 bridgehead atoms. The fraction of sp³-hybridized carbons (Fsp3) is 0.429. The quantitative estimate of drug-likeness (QED) is 0.497. The van der Waals surface area contributed by atoms with Crippen LogP contribution in [0, 0.1) is 5.92 Å². The number of hydrogen-bond donors (Lipinski definition) is 0. The molecule has 2 aromatic rings. The molecule has 0 amide bonds. The van der Waals surface area contributed by atoms with Crippen LogP contribution in [0.1, 0.15) is 38.8 Å². The van der Waals surface area contributed by atoms with Gasteiger partial charge in [-0.15, -0.1) is 22.0 Å². The van der Waals surface area contributed by atoms with Crippen molar-refractivity contribution < 1.29 is 9.47 Å². The number of hydrogen-bond acceptors (Lipinski definition) is 5. The molecule has 1 aliphatic heterocycles. The van der Waals surface area contributed by atoms with Crippen molar-refractivity contribution in [2.75, 3.05) is 19.7 Å².